The first kappa shape index (κ1) is 16.0. The van der Waals surface area contributed by atoms with Crippen LogP contribution < -0.4 is 11.1 Å². The zero-order valence-corrected chi connectivity index (χ0v) is 13.2. The second kappa shape index (κ2) is 6.58. The van der Waals surface area contributed by atoms with Crippen LogP contribution in [0, 0.1) is 5.41 Å². The fourth-order valence-electron chi connectivity index (χ4n) is 3.51. The zero-order chi connectivity index (χ0) is 15.5. The topological polar surface area (TPSA) is 64.4 Å². The van der Waals surface area contributed by atoms with Gasteiger partial charge in [0.25, 0.3) is 5.91 Å². The smallest absolute Gasteiger partial charge is 0.251 e. The van der Waals surface area contributed by atoms with E-state index in [1.165, 1.54) is 0 Å². The molecular formula is C17H26N2O2. The van der Waals surface area contributed by atoms with E-state index in [1.54, 1.807) is 7.11 Å². The predicted octanol–water partition coefficient (Wildman–Crippen LogP) is 2.47. The molecule has 0 radical (unpaired) electrons. The molecule has 1 aliphatic rings. The average Bonchev–Trinajstić information content (AvgIpc) is 2.52. The molecule has 4 nitrogen and oxygen atoms in total. The molecule has 1 fully saturated rings. The number of nitrogens with two attached hydrogens (primary N) is 1. The van der Waals surface area contributed by atoms with Gasteiger partial charge < -0.3 is 15.8 Å². The van der Waals surface area contributed by atoms with Crippen molar-refractivity contribution in [3.8, 4) is 0 Å². The summed E-state index contributed by atoms with van der Waals surface area (Å²) in [5, 5.41) is 3.18. The van der Waals surface area contributed by atoms with Crippen LogP contribution in [0.3, 0.4) is 0 Å². The summed E-state index contributed by atoms with van der Waals surface area (Å²) >= 11 is 0. The summed E-state index contributed by atoms with van der Waals surface area (Å²) in [5.41, 5.74) is 7.37. The summed E-state index contributed by atoms with van der Waals surface area (Å²) in [4.78, 5) is 12.4. The predicted molar refractivity (Wildman–Crippen MR) is 84.0 cm³/mol. The Labute approximate surface area is 127 Å². The third-order valence-corrected chi connectivity index (χ3v) is 5.14. The SMILES string of the molecule is CCC1(CC)C(NC(=O)c2ccc(CN)cc2)CC1OC. The molecule has 0 aliphatic heterocycles. The first-order valence-electron chi connectivity index (χ1n) is 7.74. The number of ether oxygens (including phenoxy) is 1. The Morgan fingerprint density at radius 3 is 2.43 bits per heavy atom. The van der Waals surface area contributed by atoms with E-state index in [-0.39, 0.29) is 23.5 Å². The fourth-order valence-corrected chi connectivity index (χ4v) is 3.51. The van der Waals surface area contributed by atoms with Crippen molar-refractivity contribution in [2.24, 2.45) is 11.1 Å². The Balaban J connectivity index is 2.05. The number of benzene rings is 1. The summed E-state index contributed by atoms with van der Waals surface area (Å²) in [5.74, 6) is -0.00982. The van der Waals surface area contributed by atoms with Crippen molar-refractivity contribution < 1.29 is 9.53 Å². The third kappa shape index (κ3) is 2.83. The number of carbonyl (C=O) groups excluding carboxylic acids is 1. The van der Waals surface area contributed by atoms with Crippen molar-refractivity contribution in [1.82, 2.24) is 5.32 Å². The highest BCUT2D eigenvalue weighted by Gasteiger charge is 2.53. The Morgan fingerprint density at radius 2 is 1.95 bits per heavy atom. The maximum Gasteiger partial charge on any atom is 0.251 e. The van der Waals surface area contributed by atoms with E-state index in [4.69, 9.17) is 10.5 Å². The fraction of sp³-hybridized carbons (Fsp3) is 0.588. The molecule has 1 aromatic rings. The monoisotopic (exact) mass is 290 g/mol. The highest BCUT2D eigenvalue weighted by molar-refractivity contribution is 5.94. The quantitative estimate of drug-likeness (QED) is 0.846. The molecule has 4 heteroatoms. The maximum atomic E-state index is 12.4. The standard InChI is InChI=1S/C17H26N2O2/c1-4-17(5-2)14(10-15(17)21-3)19-16(20)13-8-6-12(11-18)7-9-13/h6-9,14-15H,4-5,10-11,18H2,1-3H3,(H,19,20). The number of amides is 1. The highest BCUT2D eigenvalue weighted by Crippen LogP contribution is 2.48. The molecule has 0 saturated heterocycles. The van der Waals surface area contributed by atoms with Crippen molar-refractivity contribution in [2.45, 2.75) is 51.8 Å². The van der Waals surface area contributed by atoms with Crippen LogP contribution >= 0.6 is 0 Å². The molecule has 0 aromatic heterocycles. The van der Waals surface area contributed by atoms with Gasteiger partial charge in [0, 0.05) is 30.7 Å². The first-order chi connectivity index (χ1) is 10.1. The molecular weight excluding hydrogens is 264 g/mol. The second-order valence-electron chi connectivity index (χ2n) is 5.83. The van der Waals surface area contributed by atoms with E-state index in [0.29, 0.717) is 12.1 Å². The van der Waals surface area contributed by atoms with Gasteiger partial charge in [0.05, 0.1) is 6.10 Å². The minimum Gasteiger partial charge on any atom is -0.381 e. The number of hydrogen-bond donors (Lipinski definition) is 2. The van der Waals surface area contributed by atoms with Crippen LogP contribution in [-0.4, -0.2) is 25.2 Å². The lowest BCUT2D eigenvalue weighted by Gasteiger charge is -2.55. The molecule has 2 atom stereocenters. The van der Waals surface area contributed by atoms with Crippen LogP contribution in [0.15, 0.2) is 24.3 Å². The Hall–Kier alpha value is -1.39. The van der Waals surface area contributed by atoms with Gasteiger partial charge in [-0.1, -0.05) is 26.0 Å². The van der Waals surface area contributed by atoms with Gasteiger partial charge >= 0.3 is 0 Å². The van der Waals surface area contributed by atoms with Crippen LogP contribution in [0.25, 0.3) is 0 Å². The summed E-state index contributed by atoms with van der Waals surface area (Å²) in [6.07, 6.45) is 3.17. The van der Waals surface area contributed by atoms with Crippen molar-refractivity contribution in [3.05, 3.63) is 35.4 Å². The normalized spacial score (nSPS) is 23.4. The van der Waals surface area contributed by atoms with Crippen LogP contribution in [-0.2, 0) is 11.3 Å². The van der Waals surface area contributed by atoms with Gasteiger partial charge in [-0.2, -0.15) is 0 Å². The third-order valence-electron chi connectivity index (χ3n) is 5.14. The highest BCUT2D eigenvalue weighted by atomic mass is 16.5. The molecule has 116 valence electrons. The Bertz CT molecular complexity index is 480. The summed E-state index contributed by atoms with van der Waals surface area (Å²) in [6, 6.07) is 7.67. The van der Waals surface area contributed by atoms with Crippen LogP contribution in [0.1, 0.15) is 49.0 Å². The molecule has 3 N–H and O–H groups in total. The van der Waals surface area contributed by atoms with Crippen LogP contribution in [0.5, 0.6) is 0 Å². The summed E-state index contributed by atoms with van der Waals surface area (Å²) in [6.45, 7) is 4.84. The van der Waals surface area contributed by atoms with Crippen LogP contribution in [0.2, 0.25) is 0 Å². The Morgan fingerprint density at radius 1 is 1.33 bits per heavy atom. The lowest BCUT2D eigenvalue weighted by molar-refractivity contribution is -0.120. The van der Waals surface area contributed by atoms with Gasteiger partial charge in [-0.3, -0.25) is 4.79 Å². The minimum absolute atomic E-state index is 0.00982. The molecule has 1 amide bonds. The van der Waals surface area contributed by atoms with Crippen molar-refractivity contribution in [2.75, 3.05) is 7.11 Å². The molecule has 1 aromatic carbocycles. The first-order valence-corrected chi connectivity index (χ1v) is 7.74. The molecule has 2 rings (SSSR count). The molecule has 1 aliphatic carbocycles. The second-order valence-corrected chi connectivity index (χ2v) is 5.83. The van der Waals surface area contributed by atoms with E-state index in [1.807, 2.05) is 24.3 Å². The van der Waals surface area contributed by atoms with Gasteiger partial charge in [0.2, 0.25) is 0 Å². The van der Waals surface area contributed by atoms with Crippen molar-refractivity contribution >= 4 is 5.91 Å². The maximum absolute atomic E-state index is 12.4. The van der Waals surface area contributed by atoms with E-state index < -0.39 is 0 Å². The molecule has 21 heavy (non-hydrogen) atoms. The van der Waals surface area contributed by atoms with E-state index in [2.05, 4.69) is 19.2 Å². The summed E-state index contributed by atoms with van der Waals surface area (Å²) < 4.78 is 5.57. The lowest BCUT2D eigenvalue weighted by atomic mass is 9.58. The minimum atomic E-state index is -0.00982. The summed E-state index contributed by atoms with van der Waals surface area (Å²) in [7, 11) is 1.76. The van der Waals surface area contributed by atoms with E-state index >= 15 is 0 Å². The molecule has 0 heterocycles. The van der Waals surface area contributed by atoms with Gasteiger partial charge in [-0.15, -0.1) is 0 Å². The molecule has 2 unspecified atom stereocenters. The number of methoxy groups -OCH3 is 1. The van der Waals surface area contributed by atoms with E-state index in [9.17, 15) is 4.79 Å². The average molecular weight is 290 g/mol. The van der Waals surface area contributed by atoms with Gasteiger partial charge in [0.1, 0.15) is 0 Å². The van der Waals surface area contributed by atoms with Gasteiger partial charge in [-0.25, -0.2) is 0 Å². The zero-order valence-electron chi connectivity index (χ0n) is 13.2. The lowest BCUT2D eigenvalue weighted by Crippen LogP contribution is -2.64. The van der Waals surface area contributed by atoms with Crippen molar-refractivity contribution in [1.29, 1.82) is 0 Å². The van der Waals surface area contributed by atoms with E-state index in [0.717, 1.165) is 24.8 Å². The Kier molecular flexibility index (Phi) is 5.01. The number of hydrogen-bond acceptors (Lipinski definition) is 3. The van der Waals surface area contributed by atoms with Crippen LogP contribution in [0.4, 0.5) is 0 Å². The molecule has 0 bridgehead atoms. The van der Waals surface area contributed by atoms with Crippen molar-refractivity contribution in [3.63, 3.8) is 0 Å². The van der Waals surface area contributed by atoms with Gasteiger partial charge in [0.15, 0.2) is 0 Å². The molecule has 0 spiro atoms. The molecule has 1 saturated carbocycles. The number of carbonyl (C=O) groups is 1. The van der Waals surface area contributed by atoms with Gasteiger partial charge in [-0.05, 0) is 37.0 Å². The number of rotatable bonds is 6. The largest absolute Gasteiger partial charge is 0.381 e. The number of nitrogens with one attached hydrogen (secondary N) is 1.